The molecule has 114 valence electrons. The van der Waals surface area contributed by atoms with E-state index in [1.807, 2.05) is 51.1 Å². The number of amides is 2. The summed E-state index contributed by atoms with van der Waals surface area (Å²) < 4.78 is 5.21. The monoisotopic (exact) mass is 290 g/mol. The van der Waals surface area contributed by atoms with Gasteiger partial charge in [0.1, 0.15) is 5.60 Å². The molecule has 1 aliphatic rings. The highest BCUT2D eigenvalue weighted by Crippen LogP contribution is 2.16. The average molecular weight is 290 g/mol. The molecule has 0 saturated carbocycles. The van der Waals surface area contributed by atoms with Gasteiger partial charge in [0.05, 0.1) is 6.04 Å². The molecule has 0 spiro atoms. The van der Waals surface area contributed by atoms with Crippen molar-refractivity contribution < 1.29 is 14.3 Å². The van der Waals surface area contributed by atoms with E-state index >= 15 is 0 Å². The van der Waals surface area contributed by atoms with Crippen LogP contribution in [0.5, 0.6) is 0 Å². The molecule has 1 aromatic carbocycles. The van der Waals surface area contributed by atoms with Crippen molar-refractivity contribution in [1.29, 1.82) is 0 Å². The van der Waals surface area contributed by atoms with Crippen molar-refractivity contribution in [3.8, 4) is 0 Å². The highest BCUT2D eigenvalue weighted by atomic mass is 16.6. The number of nitrogens with zero attached hydrogens (tertiary/aromatic N) is 1. The lowest BCUT2D eigenvalue weighted by Crippen LogP contribution is -2.40. The van der Waals surface area contributed by atoms with E-state index in [2.05, 4.69) is 5.32 Å². The topological polar surface area (TPSA) is 58.6 Å². The molecule has 1 N–H and O–H groups in total. The summed E-state index contributed by atoms with van der Waals surface area (Å²) in [4.78, 5) is 25.5. The van der Waals surface area contributed by atoms with Gasteiger partial charge in [0.2, 0.25) is 5.91 Å². The van der Waals surface area contributed by atoms with Gasteiger partial charge in [0.15, 0.2) is 0 Å². The first-order valence-corrected chi connectivity index (χ1v) is 7.15. The smallest absolute Gasteiger partial charge is 0.407 e. The molecule has 1 saturated heterocycles. The standard InChI is InChI=1S/C16H22N2O3/c1-16(2,3)21-15(20)17-13-9-14(19)18(11-13)10-12-7-5-4-6-8-12/h4-8,13H,9-11H2,1-3H3,(H,17,20). The zero-order chi connectivity index (χ0) is 15.5. The van der Waals surface area contributed by atoms with Crippen molar-refractivity contribution in [2.75, 3.05) is 6.54 Å². The molecule has 1 fully saturated rings. The number of alkyl carbamates (subject to hydrolysis) is 1. The fourth-order valence-electron chi connectivity index (χ4n) is 2.30. The van der Waals surface area contributed by atoms with Crippen LogP contribution in [0.4, 0.5) is 4.79 Å². The van der Waals surface area contributed by atoms with Gasteiger partial charge in [-0.3, -0.25) is 4.79 Å². The molecule has 0 aromatic heterocycles. The molecule has 21 heavy (non-hydrogen) atoms. The second-order valence-corrected chi connectivity index (χ2v) is 6.31. The van der Waals surface area contributed by atoms with Gasteiger partial charge in [-0.05, 0) is 26.3 Å². The van der Waals surface area contributed by atoms with Crippen molar-refractivity contribution in [2.45, 2.75) is 45.4 Å². The van der Waals surface area contributed by atoms with Gasteiger partial charge in [-0.2, -0.15) is 0 Å². The maximum atomic E-state index is 12.0. The summed E-state index contributed by atoms with van der Waals surface area (Å²) in [5.74, 6) is 0.0555. The van der Waals surface area contributed by atoms with Gasteiger partial charge in [0, 0.05) is 19.5 Å². The summed E-state index contributed by atoms with van der Waals surface area (Å²) in [5.41, 5.74) is 0.555. The Morgan fingerprint density at radius 3 is 2.62 bits per heavy atom. The average Bonchev–Trinajstić information content (AvgIpc) is 2.68. The molecule has 0 aliphatic carbocycles. The predicted molar refractivity (Wildman–Crippen MR) is 79.6 cm³/mol. The minimum Gasteiger partial charge on any atom is -0.444 e. The molecular formula is C16H22N2O3. The lowest BCUT2D eigenvalue weighted by molar-refractivity contribution is -0.128. The molecule has 0 bridgehead atoms. The lowest BCUT2D eigenvalue weighted by Gasteiger charge is -2.22. The maximum Gasteiger partial charge on any atom is 0.407 e. The Labute approximate surface area is 125 Å². The van der Waals surface area contributed by atoms with Crippen molar-refractivity contribution >= 4 is 12.0 Å². The third-order valence-corrected chi connectivity index (χ3v) is 3.15. The Morgan fingerprint density at radius 2 is 2.00 bits per heavy atom. The molecule has 1 heterocycles. The van der Waals surface area contributed by atoms with Crippen LogP contribution in [0, 0.1) is 0 Å². The van der Waals surface area contributed by atoms with Gasteiger partial charge in [-0.1, -0.05) is 30.3 Å². The quantitative estimate of drug-likeness (QED) is 0.929. The van der Waals surface area contributed by atoms with Crippen LogP contribution >= 0.6 is 0 Å². The second-order valence-electron chi connectivity index (χ2n) is 6.31. The van der Waals surface area contributed by atoms with Crippen LogP contribution in [-0.4, -0.2) is 35.1 Å². The number of likely N-dealkylation sites (tertiary alicyclic amines) is 1. The van der Waals surface area contributed by atoms with Gasteiger partial charge < -0.3 is 15.0 Å². The Morgan fingerprint density at radius 1 is 1.33 bits per heavy atom. The van der Waals surface area contributed by atoms with E-state index in [0.717, 1.165) is 5.56 Å². The molecule has 1 aliphatic heterocycles. The van der Waals surface area contributed by atoms with E-state index in [4.69, 9.17) is 4.74 Å². The summed E-state index contributed by atoms with van der Waals surface area (Å²) in [6, 6.07) is 9.64. The molecule has 1 unspecified atom stereocenters. The summed E-state index contributed by atoms with van der Waals surface area (Å²) in [5, 5.41) is 2.76. The third-order valence-electron chi connectivity index (χ3n) is 3.15. The third kappa shape index (κ3) is 4.77. The van der Waals surface area contributed by atoms with Crippen molar-refractivity contribution in [2.24, 2.45) is 0 Å². The number of hydrogen-bond donors (Lipinski definition) is 1. The molecule has 0 radical (unpaired) electrons. The van der Waals surface area contributed by atoms with Crippen LogP contribution in [0.25, 0.3) is 0 Å². The Hall–Kier alpha value is -2.04. The minimum absolute atomic E-state index is 0.0555. The first-order valence-electron chi connectivity index (χ1n) is 7.15. The number of hydrogen-bond acceptors (Lipinski definition) is 3. The lowest BCUT2D eigenvalue weighted by atomic mass is 10.2. The zero-order valence-corrected chi connectivity index (χ0v) is 12.8. The zero-order valence-electron chi connectivity index (χ0n) is 12.8. The van der Waals surface area contributed by atoms with Crippen LogP contribution in [0.15, 0.2) is 30.3 Å². The van der Waals surface area contributed by atoms with E-state index in [1.165, 1.54) is 0 Å². The molecule has 1 aromatic rings. The summed E-state index contributed by atoms with van der Waals surface area (Å²) in [6.45, 7) is 6.54. The molecule has 1 atom stereocenters. The van der Waals surface area contributed by atoms with Gasteiger partial charge in [0.25, 0.3) is 0 Å². The van der Waals surface area contributed by atoms with Crippen molar-refractivity contribution in [3.63, 3.8) is 0 Å². The normalized spacial score (nSPS) is 18.7. The van der Waals surface area contributed by atoms with E-state index in [0.29, 0.717) is 19.5 Å². The highest BCUT2D eigenvalue weighted by molar-refractivity contribution is 5.80. The van der Waals surface area contributed by atoms with Gasteiger partial charge in [-0.25, -0.2) is 4.79 Å². The summed E-state index contributed by atoms with van der Waals surface area (Å²) >= 11 is 0. The van der Waals surface area contributed by atoms with Crippen LogP contribution in [0.2, 0.25) is 0 Å². The Balaban J connectivity index is 1.86. The highest BCUT2D eigenvalue weighted by Gasteiger charge is 2.31. The fourth-order valence-corrected chi connectivity index (χ4v) is 2.30. The summed E-state index contributed by atoms with van der Waals surface area (Å²) in [6.07, 6.45) is -0.145. The maximum absolute atomic E-state index is 12.0. The molecule has 5 nitrogen and oxygen atoms in total. The van der Waals surface area contributed by atoms with Crippen LogP contribution in [0.3, 0.4) is 0 Å². The number of nitrogens with one attached hydrogen (secondary N) is 1. The first-order chi connectivity index (χ1) is 9.83. The van der Waals surface area contributed by atoms with E-state index in [-0.39, 0.29) is 11.9 Å². The first kappa shape index (κ1) is 15.4. The minimum atomic E-state index is -0.531. The predicted octanol–water partition coefficient (Wildman–Crippen LogP) is 2.31. The number of ether oxygens (including phenoxy) is 1. The molecule has 5 heteroatoms. The van der Waals surface area contributed by atoms with E-state index in [9.17, 15) is 9.59 Å². The molecule has 2 rings (SSSR count). The number of carbonyl (C=O) groups is 2. The molecular weight excluding hydrogens is 268 g/mol. The number of carbonyl (C=O) groups excluding carboxylic acids is 2. The summed E-state index contributed by atoms with van der Waals surface area (Å²) in [7, 11) is 0. The van der Waals surface area contributed by atoms with Crippen LogP contribution in [-0.2, 0) is 16.1 Å². The van der Waals surface area contributed by atoms with Gasteiger partial charge >= 0.3 is 6.09 Å². The molecule has 2 amide bonds. The Bertz CT molecular complexity index is 508. The van der Waals surface area contributed by atoms with Crippen LogP contribution in [0.1, 0.15) is 32.8 Å². The fraction of sp³-hybridized carbons (Fsp3) is 0.500. The largest absolute Gasteiger partial charge is 0.444 e. The number of benzene rings is 1. The van der Waals surface area contributed by atoms with E-state index in [1.54, 1.807) is 4.90 Å². The van der Waals surface area contributed by atoms with E-state index < -0.39 is 11.7 Å². The van der Waals surface area contributed by atoms with Crippen molar-refractivity contribution in [3.05, 3.63) is 35.9 Å². The second kappa shape index (κ2) is 6.16. The Kier molecular flexibility index (Phi) is 4.50. The van der Waals surface area contributed by atoms with Gasteiger partial charge in [-0.15, -0.1) is 0 Å². The van der Waals surface area contributed by atoms with Crippen molar-refractivity contribution in [1.82, 2.24) is 10.2 Å². The van der Waals surface area contributed by atoms with Crippen LogP contribution < -0.4 is 5.32 Å². The SMILES string of the molecule is CC(C)(C)OC(=O)NC1CC(=O)N(Cc2ccccc2)C1. The number of rotatable bonds is 3.